The quantitative estimate of drug-likeness (QED) is 0.616. The summed E-state index contributed by atoms with van der Waals surface area (Å²) in [4.78, 5) is 12.2. The lowest BCUT2D eigenvalue weighted by atomic mass is 9.94. The Balaban J connectivity index is 0.000000845. The fourth-order valence-corrected chi connectivity index (χ4v) is 2.22. The minimum atomic E-state index is -0.764. The predicted molar refractivity (Wildman–Crippen MR) is 51.4 cm³/mol. The Morgan fingerprint density at radius 3 is 2.92 bits per heavy atom. The van der Waals surface area contributed by atoms with E-state index in [1.54, 1.807) is 0 Å². The van der Waals surface area contributed by atoms with Crippen LogP contribution in [0.25, 0.3) is 0 Å². The molecule has 2 heterocycles. The molecule has 2 aliphatic heterocycles. The Hall–Kier alpha value is -0.480. The summed E-state index contributed by atoms with van der Waals surface area (Å²) >= 11 is 0. The van der Waals surface area contributed by atoms with E-state index in [-0.39, 0.29) is 12.4 Å². The average molecular weight is 207 g/mol. The molecule has 0 aromatic rings. The van der Waals surface area contributed by atoms with E-state index in [0.29, 0.717) is 18.5 Å². The number of hydrogen-bond donors (Lipinski definition) is 2. The second-order valence-corrected chi connectivity index (χ2v) is 3.63. The number of piperidine rings is 1. The van der Waals surface area contributed by atoms with Gasteiger partial charge >= 0.3 is 6.09 Å². The van der Waals surface area contributed by atoms with Crippen molar-refractivity contribution in [2.24, 2.45) is 5.92 Å². The molecule has 2 fully saturated rings. The van der Waals surface area contributed by atoms with Gasteiger partial charge in [-0.3, -0.25) is 0 Å². The topological polar surface area (TPSA) is 52.6 Å². The van der Waals surface area contributed by atoms with Gasteiger partial charge in [0.1, 0.15) is 0 Å². The van der Waals surface area contributed by atoms with Crippen LogP contribution in [0, 0.1) is 5.92 Å². The Bertz CT molecular complexity index is 201. The first-order valence-electron chi connectivity index (χ1n) is 4.48. The third-order valence-corrected chi connectivity index (χ3v) is 2.93. The molecule has 5 heteroatoms. The number of rotatable bonds is 0. The second-order valence-electron chi connectivity index (χ2n) is 3.63. The minimum absolute atomic E-state index is 0. The molecule has 2 N–H and O–H groups in total. The van der Waals surface area contributed by atoms with Crippen LogP contribution in [-0.4, -0.2) is 41.8 Å². The molecule has 0 aromatic carbocycles. The van der Waals surface area contributed by atoms with E-state index in [0.717, 1.165) is 25.9 Å². The molecule has 13 heavy (non-hydrogen) atoms. The Morgan fingerprint density at radius 1 is 1.46 bits per heavy atom. The molecule has 0 bridgehead atoms. The van der Waals surface area contributed by atoms with Crippen molar-refractivity contribution in [1.29, 1.82) is 0 Å². The molecule has 0 unspecified atom stereocenters. The van der Waals surface area contributed by atoms with Crippen LogP contribution in [0.4, 0.5) is 4.79 Å². The summed E-state index contributed by atoms with van der Waals surface area (Å²) in [6.45, 7) is 2.49. The van der Waals surface area contributed by atoms with E-state index in [1.807, 2.05) is 0 Å². The molecular weight excluding hydrogens is 192 g/mol. The SMILES string of the molecule is Cl.O=C(O)N1CC[C@@H]2NCC[C@@H]2C1. The first kappa shape index (κ1) is 10.6. The maximum Gasteiger partial charge on any atom is 0.407 e. The zero-order valence-corrected chi connectivity index (χ0v) is 8.22. The number of carboxylic acid groups (broad SMARTS) is 1. The Kier molecular flexibility index (Phi) is 3.39. The second kappa shape index (κ2) is 4.15. The highest BCUT2D eigenvalue weighted by atomic mass is 35.5. The summed E-state index contributed by atoms with van der Waals surface area (Å²) in [6, 6.07) is 0.584. The van der Waals surface area contributed by atoms with Crippen LogP contribution < -0.4 is 5.32 Å². The van der Waals surface area contributed by atoms with Crippen LogP contribution in [0.3, 0.4) is 0 Å². The van der Waals surface area contributed by atoms with Gasteiger partial charge in [-0.15, -0.1) is 12.4 Å². The number of halogens is 1. The fourth-order valence-electron chi connectivity index (χ4n) is 2.22. The van der Waals surface area contributed by atoms with Crippen molar-refractivity contribution in [1.82, 2.24) is 10.2 Å². The first-order valence-corrected chi connectivity index (χ1v) is 4.48. The molecule has 0 saturated carbocycles. The standard InChI is InChI=1S/C8H14N2O2.ClH/c11-8(12)10-4-2-7-6(5-10)1-3-9-7;/h6-7,9H,1-5H2,(H,11,12);1H/t6-,7+;/m1./s1. The molecule has 0 aromatic heterocycles. The lowest BCUT2D eigenvalue weighted by Crippen LogP contribution is -2.46. The van der Waals surface area contributed by atoms with E-state index in [2.05, 4.69) is 5.32 Å². The largest absolute Gasteiger partial charge is 0.465 e. The van der Waals surface area contributed by atoms with Gasteiger partial charge in [-0.1, -0.05) is 0 Å². The van der Waals surface area contributed by atoms with Crippen LogP contribution in [-0.2, 0) is 0 Å². The van der Waals surface area contributed by atoms with Gasteiger partial charge in [-0.25, -0.2) is 4.79 Å². The number of carbonyl (C=O) groups is 1. The number of amides is 1. The van der Waals surface area contributed by atoms with Crippen LogP contribution in [0.15, 0.2) is 0 Å². The van der Waals surface area contributed by atoms with Gasteiger partial charge in [0.2, 0.25) is 0 Å². The van der Waals surface area contributed by atoms with Crippen LogP contribution in [0.5, 0.6) is 0 Å². The molecule has 0 aliphatic carbocycles. The zero-order chi connectivity index (χ0) is 8.55. The average Bonchev–Trinajstić information content (AvgIpc) is 2.49. The van der Waals surface area contributed by atoms with Crippen molar-refractivity contribution < 1.29 is 9.90 Å². The maximum atomic E-state index is 10.6. The molecule has 2 rings (SSSR count). The third-order valence-electron chi connectivity index (χ3n) is 2.93. The van der Waals surface area contributed by atoms with Gasteiger partial charge in [0, 0.05) is 19.1 Å². The molecule has 2 aliphatic rings. The lowest BCUT2D eigenvalue weighted by Gasteiger charge is -2.32. The summed E-state index contributed by atoms with van der Waals surface area (Å²) in [5, 5.41) is 12.2. The van der Waals surface area contributed by atoms with Gasteiger partial charge in [-0.05, 0) is 25.3 Å². The van der Waals surface area contributed by atoms with E-state index < -0.39 is 6.09 Å². The summed E-state index contributed by atoms with van der Waals surface area (Å²) in [7, 11) is 0. The maximum absolute atomic E-state index is 10.6. The molecular formula is C8H15ClN2O2. The molecule has 2 atom stereocenters. The zero-order valence-electron chi connectivity index (χ0n) is 7.40. The van der Waals surface area contributed by atoms with Crippen molar-refractivity contribution in [3.8, 4) is 0 Å². The highest BCUT2D eigenvalue weighted by molar-refractivity contribution is 5.85. The molecule has 1 amide bonds. The first-order chi connectivity index (χ1) is 5.77. The summed E-state index contributed by atoms with van der Waals surface area (Å²) < 4.78 is 0. The van der Waals surface area contributed by atoms with Gasteiger partial charge in [0.05, 0.1) is 0 Å². The predicted octanol–water partition coefficient (Wildman–Crippen LogP) is 0.770. The Labute approximate surface area is 83.7 Å². The van der Waals surface area contributed by atoms with Crippen LogP contribution in [0.1, 0.15) is 12.8 Å². The number of nitrogens with zero attached hydrogens (tertiary/aromatic N) is 1. The van der Waals surface area contributed by atoms with Gasteiger partial charge in [0.25, 0.3) is 0 Å². The fraction of sp³-hybridized carbons (Fsp3) is 0.875. The number of likely N-dealkylation sites (tertiary alicyclic amines) is 1. The Morgan fingerprint density at radius 2 is 2.23 bits per heavy atom. The normalized spacial score (nSPS) is 32.2. The van der Waals surface area contributed by atoms with Crippen molar-refractivity contribution in [3.05, 3.63) is 0 Å². The third kappa shape index (κ3) is 2.06. The minimum Gasteiger partial charge on any atom is -0.465 e. The number of hydrogen-bond acceptors (Lipinski definition) is 2. The van der Waals surface area contributed by atoms with E-state index in [1.165, 1.54) is 4.90 Å². The smallest absolute Gasteiger partial charge is 0.407 e. The molecule has 2 saturated heterocycles. The molecule has 4 nitrogen and oxygen atoms in total. The molecule has 76 valence electrons. The van der Waals surface area contributed by atoms with Crippen LogP contribution in [0.2, 0.25) is 0 Å². The van der Waals surface area contributed by atoms with E-state index in [9.17, 15) is 4.79 Å². The summed E-state index contributed by atoms with van der Waals surface area (Å²) in [6.07, 6.45) is 1.35. The van der Waals surface area contributed by atoms with Crippen LogP contribution >= 0.6 is 12.4 Å². The summed E-state index contributed by atoms with van der Waals surface area (Å²) in [5.41, 5.74) is 0. The summed E-state index contributed by atoms with van der Waals surface area (Å²) in [5.74, 6) is 0.565. The lowest BCUT2D eigenvalue weighted by molar-refractivity contribution is 0.116. The molecule has 0 spiro atoms. The van der Waals surface area contributed by atoms with E-state index in [4.69, 9.17) is 5.11 Å². The van der Waals surface area contributed by atoms with Crippen molar-refractivity contribution in [2.45, 2.75) is 18.9 Å². The molecule has 0 radical (unpaired) electrons. The van der Waals surface area contributed by atoms with E-state index >= 15 is 0 Å². The van der Waals surface area contributed by atoms with Gasteiger partial charge < -0.3 is 15.3 Å². The van der Waals surface area contributed by atoms with Crippen molar-refractivity contribution in [2.75, 3.05) is 19.6 Å². The number of fused-ring (bicyclic) bond motifs is 1. The van der Waals surface area contributed by atoms with Gasteiger partial charge in [0.15, 0.2) is 0 Å². The highest BCUT2D eigenvalue weighted by Gasteiger charge is 2.33. The number of nitrogens with one attached hydrogen (secondary N) is 1. The monoisotopic (exact) mass is 206 g/mol. The van der Waals surface area contributed by atoms with Gasteiger partial charge in [-0.2, -0.15) is 0 Å². The van der Waals surface area contributed by atoms with Crippen molar-refractivity contribution >= 4 is 18.5 Å². The highest BCUT2D eigenvalue weighted by Crippen LogP contribution is 2.24. The van der Waals surface area contributed by atoms with Crippen molar-refractivity contribution in [3.63, 3.8) is 0 Å².